The van der Waals surface area contributed by atoms with Gasteiger partial charge in [-0.15, -0.1) is 0 Å². The first-order valence-electron chi connectivity index (χ1n) is 10.2. The summed E-state index contributed by atoms with van der Waals surface area (Å²) in [5.74, 6) is -0.414. The first-order valence-corrected chi connectivity index (χ1v) is 10.2. The number of nitrogens with zero attached hydrogens (tertiary/aromatic N) is 2. The fourth-order valence-electron chi connectivity index (χ4n) is 3.80. The number of benzene rings is 3. The molecular formula is C25H23N3O4. The first-order chi connectivity index (χ1) is 15.5. The summed E-state index contributed by atoms with van der Waals surface area (Å²) in [6.07, 6.45) is 1.73. The summed E-state index contributed by atoms with van der Waals surface area (Å²) in [6, 6.07) is 21.9. The lowest BCUT2D eigenvalue weighted by atomic mass is 10.0. The minimum Gasteiger partial charge on any atom is -0.496 e. The predicted molar refractivity (Wildman–Crippen MR) is 122 cm³/mol. The smallest absolute Gasteiger partial charge is 0.305 e. The van der Waals surface area contributed by atoms with Crippen molar-refractivity contribution >= 4 is 28.6 Å². The number of hydrogen-bond acceptors (Lipinski definition) is 4. The summed E-state index contributed by atoms with van der Waals surface area (Å²) in [5.41, 5.74) is 3.75. The molecule has 1 amide bonds. The van der Waals surface area contributed by atoms with Gasteiger partial charge in [0.15, 0.2) is 0 Å². The van der Waals surface area contributed by atoms with E-state index in [0.29, 0.717) is 11.4 Å². The van der Waals surface area contributed by atoms with Gasteiger partial charge in [-0.3, -0.25) is 9.59 Å². The Balaban J connectivity index is 1.62. The summed E-state index contributed by atoms with van der Waals surface area (Å²) in [5, 5.41) is 12.4. The van der Waals surface area contributed by atoms with E-state index in [2.05, 4.69) is 10.3 Å². The molecule has 0 spiro atoms. The summed E-state index contributed by atoms with van der Waals surface area (Å²) in [7, 11) is 1.58. The first kappa shape index (κ1) is 21.1. The molecule has 0 aliphatic carbocycles. The van der Waals surface area contributed by atoms with Gasteiger partial charge in [0.05, 0.1) is 43.4 Å². The highest BCUT2D eigenvalue weighted by Crippen LogP contribution is 2.28. The zero-order valence-electron chi connectivity index (χ0n) is 17.6. The van der Waals surface area contributed by atoms with Gasteiger partial charge in [-0.05, 0) is 29.8 Å². The third-order valence-electron chi connectivity index (χ3n) is 5.29. The lowest BCUT2D eigenvalue weighted by molar-refractivity contribution is -0.137. The number of fused-ring (bicyclic) bond motifs is 1. The number of carboxylic acids is 1. The molecule has 32 heavy (non-hydrogen) atoms. The molecule has 7 heteroatoms. The second kappa shape index (κ2) is 9.34. The van der Waals surface area contributed by atoms with Crippen molar-refractivity contribution in [2.24, 2.45) is 0 Å². The van der Waals surface area contributed by atoms with Crippen molar-refractivity contribution in [3.63, 3.8) is 0 Å². The molecule has 0 radical (unpaired) electrons. The van der Waals surface area contributed by atoms with Crippen LogP contribution in [-0.2, 0) is 16.0 Å². The SMILES string of the molecule is COc1ccccc1CC(=O)Nc1ccc2ncn(C(CC(=O)O)c3ccccc3)c2c1. The summed E-state index contributed by atoms with van der Waals surface area (Å²) < 4.78 is 7.16. The Bertz CT molecular complexity index is 1250. The Hall–Kier alpha value is -4.13. The van der Waals surface area contributed by atoms with Crippen LogP contribution in [0.4, 0.5) is 5.69 Å². The minimum absolute atomic E-state index is 0.0835. The average Bonchev–Trinajstić information content (AvgIpc) is 3.21. The fourth-order valence-corrected chi connectivity index (χ4v) is 3.80. The molecule has 1 aromatic heterocycles. The van der Waals surface area contributed by atoms with E-state index in [0.717, 1.165) is 22.2 Å². The van der Waals surface area contributed by atoms with Crippen LogP contribution in [0.2, 0.25) is 0 Å². The normalized spacial score (nSPS) is 11.8. The summed E-state index contributed by atoms with van der Waals surface area (Å²) in [6.45, 7) is 0. The molecule has 0 aliphatic heterocycles. The van der Waals surface area contributed by atoms with E-state index in [-0.39, 0.29) is 18.7 Å². The second-order valence-electron chi connectivity index (χ2n) is 7.42. The molecule has 0 saturated heterocycles. The number of carboxylic acid groups (broad SMARTS) is 1. The van der Waals surface area contributed by atoms with Crippen LogP contribution < -0.4 is 10.1 Å². The van der Waals surface area contributed by atoms with E-state index >= 15 is 0 Å². The molecule has 1 atom stereocenters. The third kappa shape index (κ3) is 4.62. The maximum atomic E-state index is 12.6. The van der Waals surface area contributed by atoms with Crippen LogP contribution in [0.5, 0.6) is 5.75 Å². The molecular weight excluding hydrogens is 406 g/mol. The van der Waals surface area contributed by atoms with Gasteiger partial charge in [0, 0.05) is 11.3 Å². The summed E-state index contributed by atoms with van der Waals surface area (Å²) in [4.78, 5) is 28.6. The van der Waals surface area contributed by atoms with E-state index < -0.39 is 12.0 Å². The molecule has 1 unspecified atom stereocenters. The van der Waals surface area contributed by atoms with Crippen molar-refractivity contribution in [1.29, 1.82) is 0 Å². The average molecular weight is 429 g/mol. The van der Waals surface area contributed by atoms with Gasteiger partial charge in [-0.25, -0.2) is 4.98 Å². The van der Waals surface area contributed by atoms with Gasteiger partial charge in [-0.1, -0.05) is 48.5 Å². The van der Waals surface area contributed by atoms with Crippen molar-refractivity contribution in [2.45, 2.75) is 18.9 Å². The van der Waals surface area contributed by atoms with Crippen molar-refractivity contribution in [2.75, 3.05) is 12.4 Å². The molecule has 0 saturated carbocycles. The standard InChI is InChI=1S/C25H23N3O4/c1-32-23-10-6-5-9-18(23)13-24(29)27-19-11-12-20-22(14-19)28(16-26-20)21(15-25(30)31)17-7-3-2-4-8-17/h2-12,14,16,21H,13,15H2,1H3,(H,27,29)(H,30,31). The Kier molecular flexibility index (Phi) is 6.17. The fraction of sp³-hybridized carbons (Fsp3) is 0.160. The number of carbonyl (C=O) groups is 2. The summed E-state index contributed by atoms with van der Waals surface area (Å²) >= 11 is 0. The highest BCUT2D eigenvalue weighted by atomic mass is 16.5. The number of aromatic nitrogens is 2. The molecule has 3 aromatic carbocycles. The highest BCUT2D eigenvalue weighted by Gasteiger charge is 2.20. The maximum Gasteiger partial charge on any atom is 0.305 e. The lowest BCUT2D eigenvalue weighted by Crippen LogP contribution is -2.16. The minimum atomic E-state index is -0.901. The van der Waals surface area contributed by atoms with E-state index in [1.165, 1.54) is 0 Å². The number of anilines is 1. The number of ether oxygens (including phenoxy) is 1. The van der Waals surface area contributed by atoms with E-state index in [1.54, 1.807) is 19.5 Å². The van der Waals surface area contributed by atoms with Crippen LogP contribution in [0.1, 0.15) is 23.6 Å². The number of para-hydroxylation sites is 1. The van der Waals surface area contributed by atoms with Crippen LogP contribution >= 0.6 is 0 Å². The van der Waals surface area contributed by atoms with Gasteiger partial charge in [-0.2, -0.15) is 0 Å². The second-order valence-corrected chi connectivity index (χ2v) is 7.42. The number of nitrogens with one attached hydrogen (secondary N) is 1. The Morgan fingerprint density at radius 2 is 1.81 bits per heavy atom. The number of imidazole rings is 1. The number of methoxy groups -OCH3 is 1. The Morgan fingerprint density at radius 1 is 1.06 bits per heavy atom. The Labute approximate surface area is 185 Å². The predicted octanol–water partition coefficient (Wildman–Crippen LogP) is 4.29. The Morgan fingerprint density at radius 3 is 2.56 bits per heavy atom. The van der Waals surface area contributed by atoms with E-state index in [4.69, 9.17) is 4.74 Å². The molecule has 1 heterocycles. The number of aliphatic carboxylic acids is 1. The number of amides is 1. The molecule has 7 nitrogen and oxygen atoms in total. The number of hydrogen-bond donors (Lipinski definition) is 2. The van der Waals surface area contributed by atoms with Crippen molar-refractivity contribution in [3.8, 4) is 5.75 Å². The van der Waals surface area contributed by atoms with Crippen LogP contribution in [-0.4, -0.2) is 33.6 Å². The topological polar surface area (TPSA) is 93.5 Å². The molecule has 0 bridgehead atoms. The zero-order valence-corrected chi connectivity index (χ0v) is 17.6. The van der Waals surface area contributed by atoms with Crippen molar-refractivity contribution in [1.82, 2.24) is 9.55 Å². The van der Waals surface area contributed by atoms with Crippen LogP contribution in [0.15, 0.2) is 79.1 Å². The molecule has 4 rings (SSSR count). The lowest BCUT2D eigenvalue weighted by Gasteiger charge is -2.18. The van der Waals surface area contributed by atoms with Gasteiger partial charge < -0.3 is 19.7 Å². The van der Waals surface area contributed by atoms with E-state index in [1.807, 2.05) is 71.3 Å². The van der Waals surface area contributed by atoms with Gasteiger partial charge in [0.1, 0.15) is 5.75 Å². The number of carbonyl (C=O) groups excluding carboxylic acids is 1. The quantitative estimate of drug-likeness (QED) is 0.436. The van der Waals surface area contributed by atoms with E-state index in [9.17, 15) is 14.7 Å². The molecule has 0 aliphatic rings. The maximum absolute atomic E-state index is 12.6. The molecule has 162 valence electrons. The van der Waals surface area contributed by atoms with Gasteiger partial charge in [0.2, 0.25) is 5.91 Å². The highest BCUT2D eigenvalue weighted by molar-refractivity contribution is 5.94. The van der Waals surface area contributed by atoms with Crippen LogP contribution in [0.25, 0.3) is 11.0 Å². The zero-order chi connectivity index (χ0) is 22.5. The molecule has 2 N–H and O–H groups in total. The van der Waals surface area contributed by atoms with Crippen LogP contribution in [0.3, 0.4) is 0 Å². The van der Waals surface area contributed by atoms with Gasteiger partial charge in [0.25, 0.3) is 0 Å². The monoisotopic (exact) mass is 429 g/mol. The largest absolute Gasteiger partial charge is 0.496 e. The van der Waals surface area contributed by atoms with Crippen molar-refractivity contribution in [3.05, 3.63) is 90.3 Å². The third-order valence-corrected chi connectivity index (χ3v) is 5.29. The van der Waals surface area contributed by atoms with Crippen molar-refractivity contribution < 1.29 is 19.4 Å². The molecule has 4 aromatic rings. The molecule has 0 fully saturated rings. The number of rotatable bonds is 8. The van der Waals surface area contributed by atoms with Gasteiger partial charge >= 0.3 is 5.97 Å². The van der Waals surface area contributed by atoms with Crippen LogP contribution in [0, 0.1) is 0 Å².